The second-order valence-electron chi connectivity index (χ2n) is 9.14. The summed E-state index contributed by atoms with van der Waals surface area (Å²) < 4.78 is 5.77. The minimum Gasteiger partial charge on any atom is -0.388 e. The van der Waals surface area contributed by atoms with Crippen LogP contribution in [0.4, 0.5) is 10.6 Å². The number of carbonyl (C=O) groups excluding carboxylic acids is 2. The molecule has 1 aromatic heterocycles. The number of nitrogens with one attached hydrogen (secondary N) is 2. The lowest BCUT2D eigenvalue weighted by Crippen LogP contribution is -2.50. The molecule has 2 saturated heterocycles. The molecule has 0 spiro atoms. The Bertz CT molecular complexity index is 783. The molecule has 33 heavy (non-hydrogen) atoms. The smallest absolute Gasteiger partial charge is 0.315 e. The number of ether oxygens (including phenoxy) is 1. The minimum atomic E-state index is -1.17. The maximum absolute atomic E-state index is 12.8. The Morgan fingerprint density at radius 3 is 2.45 bits per heavy atom. The highest BCUT2D eigenvalue weighted by Crippen LogP contribution is 2.25. The van der Waals surface area contributed by atoms with Crippen LogP contribution in [0.25, 0.3) is 0 Å². The van der Waals surface area contributed by atoms with Crippen LogP contribution in [-0.2, 0) is 9.53 Å². The van der Waals surface area contributed by atoms with E-state index >= 15 is 0 Å². The summed E-state index contributed by atoms with van der Waals surface area (Å²) in [5.74, 6) is 0.778. The van der Waals surface area contributed by atoms with Gasteiger partial charge < -0.3 is 35.4 Å². The fourth-order valence-corrected chi connectivity index (χ4v) is 4.87. The Balaban J connectivity index is 1.20. The average Bonchev–Trinajstić information content (AvgIpc) is 3.12. The molecule has 3 heterocycles. The first-order chi connectivity index (χ1) is 16.0. The topological polar surface area (TPSA) is 127 Å². The van der Waals surface area contributed by atoms with Gasteiger partial charge in [-0.1, -0.05) is 25.3 Å². The summed E-state index contributed by atoms with van der Waals surface area (Å²) in [6, 6.07) is 5.65. The molecule has 3 fully saturated rings. The van der Waals surface area contributed by atoms with Crippen LogP contribution in [0.3, 0.4) is 0 Å². The van der Waals surface area contributed by atoms with Gasteiger partial charge in [0.05, 0.1) is 12.5 Å². The van der Waals surface area contributed by atoms with Crippen LogP contribution in [-0.4, -0.2) is 95.2 Å². The number of hydrogen-bond donors (Lipinski definition) is 4. The Morgan fingerprint density at radius 2 is 1.76 bits per heavy atom. The monoisotopic (exact) mass is 461 g/mol. The summed E-state index contributed by atoms with van der Waals surface area (Å²) in [7, 11) is 0. The molecule has 1 aliphatic carbocycles. The number of piperazine rings is 1. The minimum absolute atomic E-state index is 0.00736. The van der Waals surface area contributed by atoms with E-state index in [9.17, 15) is 19.8 Å². The predicted molar refractivity (Wildman–Crippen MR) is 122 cm³/mol. The highest BCUT2D eigenvalue weighted by Gasteiger charge is 2.44. The third-order valence-corrected chi connectivity index (χ3v) is 6.85. The molecule has 3 amide bonds. The third kappa shape index (κ3) is 6.13. The van der Waals surface area contributed by atoms with Gasteiger partial charge in [0.1, 0.15) is 24.1 Å². The first-order valence-electron chi connectivity index (χ1n) is 12.0. The Labute approximate surface area is 194 Å². The Hall–Kier alpha value is -2.43. The van der Waals surface area contributed by atoms with Crippen molar-refractivity contribution in [3.63, 3.8) is 0 Å². The molecule has 182 valence electrons. The van der Waals surface area contributed by atoms with E-state index in [4.69, 9.17) is 4.74 Å². The zero-order valence-electron chi connectivity index (χ0n) is 18.9. The predicted octanol–water partition coefficient (Wildman–Crippen LogP) is 0.241. The van der Waals surface area contributed by atoms with Crippen LogP contribution in [0.5, 0.6) is 0 Å². The van der Waals surface area contributed by atoms with Crippen molar-refractivity contribution in [1.82, 2.24) is 20.5 Å². The second-order valence-corrected chi connectivity index (χ2v) is 9.14. The van der Waals surface area contributed by atoms with Gasteiger partial charge in [-0.3, -0.25) is 4.79 Å². The van der Waals surface area contributed by atoms with Crippen molar-refractivity contribution in [1.29, 1.82) is 0 Å². The molecule has 0 aromatic carbocycles. The van der Waals surface area contributed by atoms with E-state index in [1.165, 1.54) is 6.42 Å². The van der Waals surface area contributed by atoms with Crippen molar-refractivity contribution in [2.45, 2.75) is 69.0 Å². The van der Waals surface area contributed by atoms with Crippen molar-refractivity contribution in [2.24, 2.45) is 0 Å². The van der Waals surface area contributed by atoms with E-state index in [1.807, 2.05) is 18.2 Å². The normalized spacial score (nSPS) is 28.5. The first kappa shape index (κ1) is 23.7. The SMILES string of the molecule is O=C(NC[C@H]1O[C@@H](CC(=O)N2CCN(c3ccccn3)CC2)[C@H](O)[C@@H]1O)NC1CCCCC1. The zero-order chi connectivity index (χ0) is 23.2. The number of carbonyl (C=O) groups is 2. The van der Waals surface area contributed by atoms with Crippen LogP contribution in [0, 0.1) is 0 Å². The van der Waals surface area contributed by atoms with E-state index in [1.54, 1.807) is 11.1 Å². The van der Waals surface area contributed by atoms with Crippen molar-refractivity contribution >= 4 is 17.8 Å². The van der Waals surface area contributed by atoms with Gasteiger partial charge in [0.2, 0.25) is 5.91 Å². The van der Waals surface area contributed by atoms with E-state index in [0.29, 0.717) is 26.2 Å². The number of hydrogen-bond acceptors (Lipinski definition) is 7. The van der Waals surface area contributed by atoms with Crippen LogP contribution >= 0.6 is 0 Å². The number of rotatable bonds is 6. The summed E-state index contributed by atoms with van der Waals surface area (Å²) in [6.07, 6.45) is 3.28. The highest BCUT2D eigenvalue weighted by atomic mass is 16.5. The van der Waals surface area contributed by atoms with Crippen LogP contribution < -0.4 is 15.5 Å². The molecule has 4 atom stereocenters. The molecule has 10 nitrogen and oxygen atoms in total. The van der Waals surface area contributed by atoms with Crippen LogP contribution in [0.2, 0.25) is 0 Å². The van der Waals surface area contributed by atoms with E-state index in [2.05, 4.69) is 20.5 Å². The summed E-state index contributed by atoms with van der Waals surface area (Å²) in [6.45, 7) is 2.56. The molecular weight excluding hydrogens is 426 g/mol. The van der Waals surface area contributed by atoms with Crippen molar-refractivity contribution in [3.8, 4) is 0 Å². The zero-order valence-corrected chi connectivity index (χ0v) is 18.9. The van der Waals surface area contributed by atoms with Gasteiger partial charge >= 0.3 is 6.03 Å². The molecule has 0 bridgehead atoms. The molecule has 10 heteroatoms. The standard InChI is InChI=1S/C23H35N5O5/c29-20(28-12-10-27(11-13-28)19-8-4-5-9-24-19)14-17-21(30)22(31)18(33-17)15-25-23(32)26-16-6-2-1-3-7-16/h4-5,8-9,16-18,21-22,30-31H,1-3,6-7,10-15H2,(H2,25,26,32)/t17-,18+,21-,22+/m0/s1. The van der Waals surface area contributed by atoms with Crippen molar-refractivity contribution < 1.29 is 24.5 Å². The maximum atomic E-state index is 12.8. The quantitative estimate of drug-likeness (QED) is 0.478. The third-order valence-electron chi connectivity index (χ3n) is 6.85. The van der Waals surface area contributed by atoms with E-state index in [-0.39, 0.29) is 30.9 Å². The highest BCUT2D eigenvalue weighted by molar-refractivity contribution is 5.77. The summed E-state index contributed by atoms with van der Waals surface area (Å²) in [4.78, 5) is 33.2. The van der Waals surface area contributed by atoms with Crippen LogP contribution in [0.1, 0.15) is 38.5 Å². The second kappa shape index (κ2) is 11.1. The van der Waals surface area contributed by atoms with Crippen molar-refractivity contribution in [2.75, 3.05) is 37.6 Å². The maximum Gasteiger partial charge on any atom is 0.315 e. The van der Waals surface area contributed by atoms with Gasteiger partial charge in [-0.15, -0.1) is 0 Å². The number of aromatic nitrogens is 1. The van der Waals surface area contributed by atoms with Gasteiger partial charge in [0.15, 0.2) is 0 Å². The Morgan fingerprint density at radius 1 is 1.03 bits per heavy atom. The van der Waals surface area contributed by atoms with Crippen LogP contribution in [0.15, 0.2) is 24.4 Å². The number of nitrogens with zero attached hydrogens (tertiary/aromatic N) is 3. The van der Waals surface area contributed by atoms with Gasteiger partial charge in [0.25, 0.3) is 0 Å². The molecule has 2 aliphatic heterocycles. The number of urea groups is 1. The molecule has 3 aliphatic rings. The Kier molecular flexibility index (Phi) is 8.00. The molecule has 4 N–H and O–H groups in total. The average molecular weight is 462 g/mol. The molecule has 1 saturated carbocycles. The molecule has 0 unspecified atom stereocenters. The number of anilines is 1. The summed E-state index contributed by atoms with van der Waals surface area (Å²) in [5.41, 5.74) is 0. The fourth-order valence-electron chi connectivity index (χ4n) is 4.87. The molecule has 1 aromatic rings. The van der Waals surface area contributed by atoms with E-state index < -0.39 is 24.4 Å². The number of aliphatic hydroxyl groups excluding tert-OH is 2. The summed E-state index contributed by atoms with van der Waals surface area (Å²) >= 11 is 0. The lowest BCUT2D eigenvalue weighted by Gasteiger charge is -2.36. The lowest BCUT2D eigenvalue weighted by atomic mass is 9.96. The number of pyridine rings is 1. The van der Waals surface area contributed by atoms with E-state index in [0.717, 1.165) is 31.5 Å². The van der Waals surface area contributed by atoms with Gasteiger partial charge in [0, 0.05) is 45.0 Å². The van der Waals surface area contributed by atoms with Gasteiger partial charge in [-0.2, -0.15) is 0 Å². The van der Waals surface area contributed by atoms with Gasteiger partial charge in [-0.25, -0.2) is 9.78 Å². The lowest BCUT2D eigenvalue weighted by molar-refractivity contribution is -0.135. The first-order valence-corrected chi connectivity index (χ1v) is 12.0. The number of aliphatic hydroxyl groups is 2. The largest absolute Gasteiger partial charge is 0.388 e. The molecule has 4 rings (SSSR count). The van der Waals surface area contributed by atoms with Gasteiger partial charge in [-0.05, 0) is 25.0 Å². The fraction of sp³-hybridized carbons (Fsp3) is 0.696. The molecule has 0 radical (unpaired) electrons. The van der Waals surface area contributed by atoms with Crippen molar-refractivity contribution in [3.05, 3.63) is 24.4 Å². The molecular formula is C23H35N5O5. The summed E-state index contributed by atoms with van der Waals surface area (Å²) in [5, 5.41) is 26.4. The number of amides is 3.